The molecule has 1 aromatic carbocycles. The van der Waals surface area contributed by atoms with Gasteiger partial charge in [0.15, 0.2) is 5.78 Å². The highest BCUT2D eigenvalue weighted by atomic mass is 16.2. The van der Waals surface area contributed by atoms with Crippen LogP contribution in [0.15, 0.2) is 42.6 Å². The Bertz CT molecular complexity index is 692. The number of para-hydroxylation sites is 1. The maximum atomic E-state index is 12.7. The van der Waals surface area contributed by atoms with Crippen LogP contribution in [0.1, 0.15) is 39.3 Å². The van der Waals surface area contributed by atoms with Crippen molar-refractivity contribution in [1.82, 2.24) is 4.98 Å². The number of carbonyl (C=O) groups is 2. The summed E-state index contributed by atoms with van der Waals surface area (Å²) >= 11 is 0. The topological polar surface area (TPSA) is 50.3 Å². The summed E-state index contributed by atoms with van der Waals surface area (Å²) in [5, 5.41) is 0. The average Bonchev–Trinajstić information content (AvgIpc) is 2.67. The van der Waals surface area contributed by atoms with E-state index in [0.29, 0.717) is 36.2 Å². The van der Waals surface area contributed by atoms with Crippen molar-refractivity contribution in [2.24, 2.45) is 0 Å². The van der Waals surface area contributed by atoms with Crippen LogP contribution in [-0.4, -0.2) is 23.2 Å². The second-order valence-corrected chi connectivity index (χ2v) is 5.19. The zero-order valence-electron chi connectivity index (χ0n) is 11.9. The van der Waals surface area contributed by atoms with Crippen LogP contribution in [0, 0.1) is 6.92 Å². The lowest BCUT2D eigenvalue weighted by Crippen LogP contribution is -2.31. The van der Waals surface area contributed by atoms with E-state index < -0.39 is 0 Å². The second-order valence-electron chi connectivity index (χ2n) is 5.19. The Hall–Kier alpha value is -2.49. The SMILES string of the molecule is Cc1ccc(C(=O)N2CCCC(=O)c3ccccc32)cn1. The Morgan fingerprint density at radius 2 is 2.00 bits per heavy atom. The van der Waals surface area contributed by atoms with Gasteiger partial charge in [0.1, 0.15) is 0 Å². The molecule has 4 heteroatoms. The molecule has 0 atom stereocenters. The monoisotopic (exact) mass is 280 g/mol. The fraction of sp³-hybridized carbons (Fsp3) is 0.235. The number of pyridine rings is 1. The molecule has 1 amide bonds. The summed E-state index contributed by atoms with van der Waals surface area (Å²) in [4.78, 5) is 30.7. The van der Waals surface area contributed by atoms with Gasteiger partial charge in [0.05, 0.1) is 11.3 Å². The molecule has 0 saturated heterocycles. The van der Waals surface area contributed by atoms with Gasteiger partial charge < -0.3 is 4.90 Å². The van der Waals surface area contributed by atoms with E-state index in [-0.39, 0.29) is 11.7 Å². The molecule has 2 heterocycles. The Morgan fingerprint density at radius 3 is 2.76 bits per heavy atom. The molecule has 1 aliphatic rings. The second kappa shape index (κ2) is 5.48. The van der Waals surface area contributed by atoms with Crippen molar-refractivity contribution in [3.63, 3.8) is 0 Å². The van der Waals surface area contributed by atoms with Crippen molar-refractivity contribution in [2.45, 2.75) is 19.8 Å². The summed E-state index contributed by atoms with van der Waals surface area (Å²) in [6.45, 7) is 2.43. The number of aryl methyl sites for hydroxylation is 1. The number of rotatable bonds is 1. The van der Waals surface area contributed by atoms with Crippen LogP contribution in [0.2, 0.25) is 0 Å². The third kappa shape index (κ3) is 2.57. The first-order valence-electron chi connectivity index (χ1n) is 7.03. The van der Waals surface area contributed by atoms with Crippen LogP contribution in [0.25, 0.3) is 0 Å². The lowest BCUT2D eigenvalue weighted by molar-refractivity contribution is 0.0973. The number of fused-ring (bicyclic) bond motifs is 1. The molecule has 3 rings (SSSR count). The van der Waals surface area contributed by atoms with E-state index in [2.05, 4.69) is 4.98 Å². The first kappa shape index (κ1) is 13.5. The van der Waals surface area contributed by atoms with Gasteiger partial charge in [0, 0.05) is 30.4 Å². The molecule has 106 valence electrons. The third-order valence-corrected chi connectivity index (χ3v) is 3.68. The van der Waals surface area contributed by atoms with E-state index in [1.165, 1.54) is 0 Å². The first-order valence-corrected chi connectivity index (χ1v) is 7.03. The van der Waals surface area contributed by atoms with Crippen LogP contribution in [0.4, 0.5) is 5.69 Å². The third-order valence-electron chi connectivity index (χ3n) is 3.68. The minimum absolute atomic E-state index is 0.0999. The number of nitrogens with zero attached hydrogens (tertiary/aromatic N) is 2. The number of carbonyl (C=O) groups excluding carboxylic acids is 2. The lowest BCUT2D eigenvalue weighted by atomic mass is 10.1. The van der Waals surface area contributed by atoms with E-state index in [0.717, 1.165) is 5.69 Å². The van der Waals surface area contributed by atoms with E-state index in [4.69, 9.17) is 0 Å². The highest BCUT2D eigenvalue weighted by Gasteiger charge is 2.25. The van der Waals surface area contributed by atoms with Gasteiger partial charge in [-0.05, 0) is 37.6 Å². The number of ketones is 1. The zero-order valence-corrected chi connectivity index (χ0v) is 11.9. The minimum Gasteiger partial charge on any atom is -0.308 e. The molecule has 4 nitrogen and oxygen atoms in total. The van der Waals surface area contributed by atoms with Gasteiger partial charge in [-0.1, -0.05) is 12.1 Å². The first-order chi connectivity index (χ1) is 10.2. The Balaban J connectivity index is 2.01. The fourth-order valence-corrected chi connectivity index (χ4v) is 2.56. The van der Waals surface area contributed by atoms with Gasteiger partial charge >= 0.3 is 0 Å². The Morgan fingerprint density at radius 1 is 1.19 bits per heavy atom. The molecule has 0 bridgehead atoms. The van der Waals surface area contributed by atoms with Gasteiger partial charge in [-0.25, -0.2) is 0 Å². The van der Waals surface area contributed by atoms with E-state index in [1.54, 1.807) is 23.2 Å². The van der Waals surface area contributed by atoms with Crippen molar-refractivity contribution in [3.05, 3.63) is 59.4 Å². The van der Waals surface area contributed by atoms with Crippen LogP contribution < -0.4 is 4.90 Å². The molecule has 2 aromatic rings. The maximum Gasteiger partial charge on any atom is 0.259 e. The molecule has 0 spiro atoms. The summed E-state index contributed by atoms with van der Waals surface area (Å²) < 4.78 is 0. The highest BCUT2D eigenvalue weighted by Crippen LogP contribution is 2.27. The number of hydrogen-bond donors (Lipinski definition) is 0. The number of hydrogen-bond acceptors (Lipinski definition) is 3. The van der Waals surface area contributed by atoms with E-state index in [1.807, 2.05) is 31.2 Å². The lowest BCUT2D eigenvalue weighted by Gasteiger charge is -2.22. The van der Waals surface area contributed by atoms with Crippen LogP contribution in [0.5, 0.6) is 0 Å². The van der Waals surface area contributed by atoms with Crippen molar-refractivity contribution >= 4 is 17.4 Å². The summed E-state index contributed by atoms with van der Waals surface area (Å²) in [6, 6.07) is 10.9. The maximum absolute atomic E-state index is 12.7. The molecular weight excluding hydrogens is 264 g/mol. The largest absolute Gasteiger partial charge is 0.308 e. The van der Waals surface area contributed by atoms with Crippen LogP contribution in [-0.2, 0) is 0 Å². The van der Waals surface area contributed by atoms with Gasteiger partial charge in [0.25, 0.3) is 5.91 Å². The highest BCUT2D eigenvalue weighted by molar-refractivity contribution is 6.11. The summed E-state index contributed by atoms with van der Waals surface area (Å²) in [5.41, 5.74) is 2.75. The molecule has 1 aliphatic heterocycles. The number of Topliss-reactive ketones (excluding diaryl/α,β-unsaturated/α-hetero) is 1. The number of amides is 1. The van der Waals surface area contributed by atoms with E-state index in [9.17, 15) is 9.59 Å². The van der Waals surface area contributed by atoms with Crippen molar-refractivity contribution < 1.29 is 9.59 Å². The Kier molecular flexibility index (Phi) is 3.52. The minimum atomic E-state index is -0.107. The zero-order chi connectivity index (χ0) is 14.8. The Labute approximate surface area is 123 Å². The molecule has 0 N–H and O–H groups in total. The number of anilines is 1. The predicted octanol–water partition coefficient (Wildman–Crippen LogP) is 3.01. The number of benzene rings is 1. The van der Waals surface area contributed by atoms with Crippen molar-refractivity contribution in [1.29, 1.82) is 0 Å². The van der Waals surface area contributed by atoms with Crippen LogP contribution in [0.3, 0.4) is 0 Å². The number of aromatic nitrogens is 1. The molecular formula is C17H16N2O2. The molecule has 0 unspecified atom stereocenters. The molecule has 0 radical (unpaired) electrons. The normalized spacial score (nSPS) is 14.5. The summed E-state index contributed by atoms with van der Waals surface area (Å²) in [7, 11) is 0. The van der Waals surface area contributed by atoms with Gasteiger partial charge in [-0.3, -0.25) is 14.6 Å². The van der Waals surface area contributed by atoms with Crippen molar-refractivity contribution in [2.75, 3.05) is 11.4 Å². The predicted molar refractivity (Wildman–Crippen MR) is 80.7 cm³/mol. The summed E-state index contributed by atoms with van der Waals surface area (Å²) in [6.07, 6.45) is 2.75. The molecule has 1 aromatic heterocycles. The summed E-state index contributed by atoms with van der Waals surface area (Å²) in [5.74, 6) is -0.00687. The van der Waals surface area contributed by atoms with E-state index >= 15 is 0 Å². The average molecular weight is 280 g/mol. The van der Waals surface area contributed by atoms with Gasteiger partial charge in [-0.15, -0.1) is 0 Å². The van der Waals surface area contributed by atoms with Gasteiger partial charge in [-0.2, -0.15) is 0 Å². The quantitative estimate of drug-likeness (QED) is 0.806. The van der Waals surface area contributed by atoms with Crippen LogP contribution >= 0.6 is 0 Å². The molecule has 0 aliphatic carbocycles. The van der Waals surface area contributed by atoms with Crippen molar-refractivity contribution in [3.8, 4) is 0 Å². The standard InChI is InChI=1S/C17H16N2O2/c1-12-8-9-13(11-18-12)17(21)19-10-4-7-16(20)14-5-2-3-6-15(14)19/h2-3,5-6,8-9,11H,4,7,10H2,1H3. The van der Waals surface area contributed by atoms with Gasteiger partial charge in [0.2, 0.25) is 0 Å². The molecule has 0 saturated carbocycles. The smallest absolute Gasteiger partial charge is 0.259 e. The fourth-order valence-electron chi connectivity index (χ4n) is 2.56. The molecule has 0 fully saturated rings. The molecule has 21 heavy (non-hydrogen) atoms.